The van der Waals surface area contributed by atoms with Crippen molar-refractivity contribution < 1.29 is 0 Å². The Morgan fingerprint density at radius 3 is 1.43 bits per heavy atom. The van der Waals surface area contributed by atoms with E-state index in [1.54, 1.807) is 0 Å². The van der Waals surface area contributed by atoms with Crippen LogP contribution in [0.3, 0.4) is 0 Å². The fraction of sp³-hybridized carbons (Fsp3) is 0.308. The second kappa shape index (κ2) is 7.87. The summed E-state index contributed by atoms with van der Waals surface area (Å²) in [6.45, 7) is 13.7. The minimum Gasteiger partial charge on any atom is -0.378 e. The highest BCUT2D eigenvalue weighted by Gasteiger charge is 2.28. The van der Waals surface area contributed by atoms with Crippen LogP contribution in [-0.4, -0.2) is 20.8 Å². The van der Waals surface area contributed by atoms with Crippen molar-refractivity contribution >= 4 is 28.8 Å². The SMILES string of the molecule is Cc1cc(C)c(B(c2cccc(N(C)C)c2)c2c(C)cc(C)cc2C)c(C)c1. The molecule has 0 amide bonds. The van der Waals surface area contributed by atoms with Crippen LogP contribution in [-0.2, 0) is 0 Å². The van der Waals surface area contributed by atoms with Crippen molar-refractivity contribution in [1.29, 1.82) is 0 Å². The molecular weight excluding hydrogens is 337 g/mol. The zero-order chi connectivity index (χ0) is 20.6. The molecule has 0 atom stereocenters. The molecule has 0 heterocycles. The van der Waals surface area contributed by atoms with E-state index >= 15 is 0 Å². The van der Waals surface area contributed by atoms with Gasteiger partial charge in [-0.3, -0.25) is 0 Å². The van der Waals surface area contributed by atoms with Gasteiger partial charge in [0.1, 0.15) is 0 Å². The molecule has 0 aliphatic rings. The van der Waals surface area contributed by atoms with Gasteiger partial charge in [-0.1, -0.05) is 86.2 Å². The van der Waals surface area contributed by atoms with Crippen LogP contribution in [0.15, 0.2) is 48.5 Å². The molecule has 3 aromatic rings. The number of anilines is 1. The van der Waals surface area contributed by atoms with E-state index in [2.05, 4.69) is 109 Å². The van der Waals surface area contributed by atoms with Crippen LogP contribution in [0.5, 0.6) is 0 Å². The molecule has 0 saturated heterocycles. The summed E-state index contributed by atoms with van der Waals surface area (Å²) in [6.07, 6.45) is 0. The molecule has 0 bridgehead atoms. The summed E-state index contributed by atoms with van der Waals surface area (Å²) in [4.78, 5) is 2.18. The third kappa shape index (κ3) is 3.87. The summed E-state index contributed by atoms with van der Waals surface area (Å²) in [5.74, 6) is 0. The molecule has 0 unspecified atom stereocenters. The molecule has 28 heavy (non-hydrogen) atoms. The van der Waals surface area contributed by atoms with E-state index < -0.39 is 0 Å². The van der Waals surface area contributed by atoms with Gasteiger partial charge in [-0.2, -0.15) is 0 Å². The summed E-state index contributed by atoms with van der Waals surface area (Å²) < 4.78 is 0. The van der Waals surface area contributed by atoms with Crippen LogP contribution < -0.4 is 21.3 Å². The Kier molecular flexibility index (Phi) is 5.70. The van der Waals surface area contributed by atoms with Crippen LogP contribution in [0.2, 0.25) is 0 Å². The highest BCUT2D eigenvalue weighted by Crippen LogP contribution is 2.15. The van der Waals surface area contributed by atoms with Gasteiger partial charge in [0.15, 0.2) is 0 Å². The number of benzene rings is 3. The van der Waals surface area contributed by atoms with Crippen molar-refractivity contribution in [2.45, 2.75) is 41.5 Å². The van der Waals surface area contributed by atoms with Crippen LogP contribution in [0, 0.1) is 41.5 Å². The summed E-state index contributed by atoms with van der Waals surface area (Å²) >= 11 is 0. The third-order valence-electron chi connectivity index (χ3n) is 5.77. The number of aryl methyl sites for hydroxylation is 6. The van der Waals surface area contributed by atoms with Gasteiger partial charge in [0.05, 0.1) is 0 Å². The molecule has 3 rings (SSSR count). The van der Waals surface area contributed by atoms with E-state index in [1.165, 1.54) is 55.5 Å². The molecule has 2 heteroatoms. The highest BCUT2D eigenvalue weighted by atomic mass is 15.1. The van der Waals surface area contributed by atoms with Crippen LogP contribution in [0.4, 0.5) is 5.69 Å². The van der Waals surface area contributed by atoms with Crippen LogP contribution in [0.1, 0.15) is 33.4 Å². The quantitative estimate of drug-likeness (QED) is 0.626. The van der Waals surface area contributed by atoms with Crippen molar-refractivity contribution in [1.82, 2.24) is 0 Å². The van der Waals surface area contributed by atoms with Gasteiger partial charge in [0.25, 0.3) is 0 Å². The molecule has 0 aliphatic heterocycles. The summed E-state index contributed by atoms with van der Waals surface area (Å²) in [5.41, 5.74) is 13.6. The van der Waals surface area contributed by atoms with E-state index in [9.17, 15) is 0 Å². The lowest BCUT2D eigenvalue weighted by Crippen LogP contribution is -2.55. The Balaban J connectivity index is 2.35. The fourth-order valence-electron chi connectivity index (χ4n) is 4.75. The predicted octanol–water partition coefficient (Wildman–Crippen LogP) is 4.12. The first-order valence-corrected chi connectivity index (χ1v) is 10.1. The second-order valence-corrected chi connectivity index (χ2v) is 8.55. The monoisotopic (exact) mass is 369 g/mol. The molecule has 0 saturated carbocycles. The van der Waals surface area contributed by atoms with E-state index in [-0.39, 0.29) is 6.71 Å². The lowest BCUT2D eigenvalue weighted by atomic mass is 9.34. The Labute approximate surface area is 171 Å². The molecular formula is C26H32BN. The maximum absolute atomic E-state index is 2.35. The zero-order valence-electron chi connectivity index (χ0n) is 18.6. The van der Waals surface area contributed by atoms with Crippen LogP contribution in [0.25, 0.3) is 0 Å². The molecule has 3 aromatic carbocycles. The molecule has 0 fully saturated rings. The average molecular weight is 369 g/mol. The van der Waals surface area contributed by atoms with E-state index in [0.717, 1.165) is 0 Å². The van der Waals surface area contributed by atoms with Gasteiger partial charge in [0.2, 0.25) is 6.71 Å². The second-order valence-electron chi connectivity index (χ2n) is 8.55. The highest BCUT2D eigenvalue weighted by molar-refractivity contribution is 6.96. The maximum Gasteiger partial charge on any atom is 0.242 e. The van der Waals surface area contributed by atoms with Crippen molar-refractivity contribution in [2.75, 3.05) is 19.0 Å². The summed E-state index contributed by atoms with van der Waals surface area (Å²) in [7, 11) is 4.22. The van der Waals surface area contributed by atoms with Gasteiger partial charge in [-0.05, 0) is 53.7 Å². The van der Waals surface area contributed by atoms with E-state index in [0.29, 0.717) is 0 Å². The number of nitrogens with zero attached hydrogens (tertiary/aromatic N) is 1. The lowest BCUT2D eigenvalue weighted by molar-refractivity contribution is 1.13. The minimum absolute atomic E-state index is 0.237. The maximum atomic E-state index is 2.35. The first kappa shape index (κ1) is 20.3. The van der Waals surface area contributed by atoms with E-state index in [1.807, 2.05) is 0 Å². The van der Waals surface area contributed by atoms with Gasteiger partial charge < -0.3 is 4.90 Å². The Morgan fingerprint density at radius 2 is 1.04 bits per heavy atom. The molecule has 0 aliphatic carbocycles. The fourth-order valence-corrected chi connectivity index (χ4v) is 4.75. The first-order chi connectivity index (χ1) is 13.2. The first-order valence-electron chi connectivity index (χ1n) is 10.1. The van der Waals surface area contributed by atoms with Crippen molar-refractivity contribution in [2.24, 2.45) is 0 Å². The van der Waals surface area contributed by atoms with Crippen molar-refractivity contribution in [3.63, 3.8) is 0 Å². The van der Waals surface area contributed by atoms with Gasteiger partial charge in [-0.25, -0.2) is 0 Å². The topological polar surface area (TPSA) is 3.24 Å². The smallest absolute Gasteiger partial charge is 0.242 e. The Morgan fingerprint density at radius 1 is 0.607 bits per heavy atom. The van der Waals surface area contributed by atoms with Gasteiger partial charge >= 0.3 is 0 Å². The van der Waals surface area contributed by atoms with E-state index in [4.69, 9.17) is 0 Å². The number of rotatable bonds is 4. The molecule has 0 aromatic heterocycles. The largest absolute Gasteiger partial charge is 0.378 e. The molecule has 0 N–H and O–H groups in total. The normalized spacial score (nSPS) is 10.9. The lowest BCUT2D eigenvalue weighted by Gasteiger charge is -2.25. The Hall–Kier alpha value is -2.48. The van der Waals surface area contributed by atoms with Crippen LogP contribution >= 0.6 is 0 Å². The third-order valence-corrected chi connectivity index (χ3v) is 5.77. The molecule has 0 spiro atoms. The summed E-state index contributed by atoms with van der Waals surface area (Å²) in [6, 6.07) is 18.3. The molecule has 144 valence electrons. The van der Waals surface area contributed by atoms with Crippen molar-refractivity contribution in [3.8, 4) is 0 Å². The van der Waals surface area contributed by atoms with Gasteiger partial charge in [0, 0.05) is 19.8 Å². The zero-order valence-corrected chi connectivity index (χ0v) is 18.6. The molecule has 0 radical (unpaired) electrons. The number of hydrogen-bond donors (Lipinski definition) is 0. The van der Waals surface area contributed by atoms with Gasteiger partial charge in [-0.15, -0.1) is 0 Å². The average Bonchev–Trinajstić information content (AvgIpc) is 2.58. The predicted molar refractivity (Wildman–Crippen MR) is 127 cm³/mol. The Bertz CT molecular complexity index is 913. The standard InChI is InChI=1S/C26H32BN/c1-17-12-19(3)25(20(4)13-17)27(23-10-9-11-24(16-23)28(7)8)26-21(5)14-18(2)15-22(26)6/h9-16H,1-8H3. The van der Waals surface area contributed by atoms with Crippen molar-refractivity contribution in [3.05, 3.63) is 81.9 Å². The number of hydrogen-bond acceptors (Lipinski definition) is 1. The minimum atomic E-state index is 0.237. The molecule has 1 nitrogen and oxygen atoms in total. The summed E-state index contributed by atoms with van der Waals surface area (Å²) in [5, 5.41) is 0.